The van der Waals surface area contributed by atoms with Crippen molar-refractivity contribution in [2.45, 2.75) is 19.8 Å². The molecule has 2 saturated heterocycles. The van der Waals surface area contributed by atoms with Crippen LogP contribution in [0.3, 0.4) is 0 Å². The van der Waals surface area contributed by atoms with Crippen molar-refractivity contribution in [3.05, 3.63) is 0 Å². The van der Waals surface area contributed by atoms with E-state index in [1.165, 1.54) is 12.8 Å². The molecule has 16 heavy (non-hydrogen) atoms. The molecular formula is C12H23N3O. The van der Waals surface area contributed by atoms with Gasteiger partial charge in [0.05, 0.1) is 6.54 Å². The SMILES string of the molecule is CCC1CCN(C(=O)CN2CCNCC2)C1. The van der Waals surface area contributed by atoms with Crippen LogP contribution in [0.15, 0.2) is 0 Å². The maximum Gasteiger partial charge on any atom is 0.236 e. The van der Waals surface area contributed by atoms with E-state index in [-0.39, 0.29) is 0 Å². The predicted octanol–water partition coefficient (Wildman–Crippen LogP) is 0.150. The van der Waals surface area contributed by atoms with Gasteiger partial charge in [0.15, 0.2) is 0 Å². The lowest BCUT2D eigenvalue weighted by Crippen LogP contribution is -2.48. The molecular weight excluding hydrogens is 202 g/mol. The Bertz CT molecular complexity index is 238. The zero-order valence-electron chi connectivity index (χ0n) is 10.2. The van der Waals surface area contributed by atoms with E-state index in [2.05, 4.69) is 22.0 Å². The molecule has 2 aliphatic rings. The lowest BCUT2D eigenvalue weighted by molar-refractivity contribution is -0.131. The van der Waals surface area contributed by atoms with Gasteiger partial charge >= 0.3 is 0 Å². The van der Waals surface area contributed by atoms with Gasteiger partial charge in [0.25, 0.3) is 0 Å². The van der Waals surface area contributed by atoms with Gasteiger partial charge in [-0.05, 0) is 12.3 Å². The fourth-order valence-corrected chi connectivity index (χ4v) is 2.55. The van der Waals surface area contributed by atoms with Crippen molar-refractivity contribution in [2.24, 2.45) is 5.92 Å². The molecule has 0 aromatic rings. The Balaban J connectivity index is 1.75. The van der Waals surface area contributed by atoms with Gasteiger partial charge in [-0.1, -0.05) is 13.3 Å². The highest BCUT2D eigenvalue weighted by atomic mass is 16.2. The largest absolute Gasteiger partial charge is 0.341 e. The van der Waals surface area contributed by atoms with Gasteiger partial charge in [-0.15, -0.1) is 0 Å². The van der Waals surface area contributed by atoms with Gasteiger partial charge in [0.2, 0.25) is 5.91 Å². The van der Waals surface area contributed by atoms with E-state index in [4.69, 9.17) is 0 Å². The molecule has 0 saturated carbocycles. The van der Waals surface area contributed by atoms with Crippen LogP contribution in [0.25, 0.3) is 0 Å². The van der Waals surface area contributed by atoms with E-state index in [1.807, 2.05) is 0 Å². The average Bonchev–Trinajstić information content (AvgIpc) is 2.79. The number of carbonyl (C=O) groups excluding carboxylic acids is 1. The molecule has 2 rings (SSSR count). The van der Waals surface area contributed by atoms with Crippen LogP contribution < -0.4 is 5.32 Å². The molecule has 92 valence electrons. The molecule has 0 bridgehead atoms. The zero-order valence-corrected chi connectivity index (χ0v) is 10.2. The maximum atomic E-state index is 12.0. The topological polar surface area (TPSA) is 35.6 Å². The van der Waals surface area contributed by atoms with Crippen LogP contribution in [0.5, 0.6) is 0 Å². The first kappa shape index (κ1) is 11.9. The summed E-state index contributed by atoms with van der Waals surface area (Å²) in [6.07, 6.45) is 2.40. The molecule has 2 heterocycles. The van der Waals surface area contributed by atoms with Crippen molar-refractivity contribution < 1.29 is 4.79 Å². The van der Waals surface area contributed by atoms with Crippen molar-refractivity contribution >= 4 is 5.91 Å². The third kappa shape index (κ3) is 2.95. The smallest absolute Gasteiger partial charge is 0.236 e. The molecule has 1 amide bonds. The van der Waals surface area contributed by atoms with Crippen LogP contribution in [-0.2, 0) is 4.79 Å². The fourth-order valence-electron chi connectivity index (χ4n) is 2.55. The summed E-state index contributed by atoms with van der Waals surface area (Å²) in [7, 11) is 0. The maximum absolute atomic E-state index is 12.0. The Labute approximate surface area is 98.0 Å². The number of nitrogens with one attached hydrogen (secondary N) is 1. The summed E-state index contributed by atoms with van der Waals surface area (Å²) in [5.74, 6) is 1.07. The van der Waals surface area contributed by atoms with E-state index in [0.717, 1.165) is 45.2 Å². The third-order valence-electron chi connectivity index (χ3n) is 3.78. The Kier molecular flexibility index (Phi) is 4.18. The monoisotopic (exact) mass is 225 g/mol. The minimum absolute atomic E-state index is 0.331. The summed E-state index contributed by atoms with van der Waals surface area (Å²) in [5, 5.41) is 3.31. The molecule has 0 aliphatic carbocycles. The number of nitrogens with zero attached hydrogens (tertiary/aromatic N) is 2. The minimum Gasteiger partial charge on any atom is -0.341 e. The number of carbonyl (C=O) groups is 1. The second-order valence-electron chi connectivity index (χ2n) is 4.93. The lowest BCUT2D eigenvalue weighted by Gasteiger charge is -2.28. The number of amides is 1. The molecule has 0 radical (unpaired) electrons. The molecule has 1 N–H and O–H groups in total. The third-order valence-corrected chi connectivity index (χ3v) is 3.78. The quantitative estimate of drug-likeness (QED) is 0.743. The van der Waals surface area contributed by atoms with Crippen LogP contribution in [0.2, 0.25) is 0 Å². The first-order chi connectivity index (χ1) is 7.79. The zero-order chi connectivity index (χ0) is 11.4. The molecule has 0 aromatic carbocycles. The van der Waals surface area contributed by atoms with Crippen LogP contribution in [-0.4, -0.2) is 61.5 Å². The second-order valence-corrected chi connectivity index (χ2v) is 4.93. The number of likely N-dealkylation sites (tertiary alicyclic amines) is 1. The van der Waals surface area contributed by atoms with Gasteiger partial charge in [-0.3, -0.25) is 9.69 Å². The number of hydrogen-bond acceptors (Lipinski definition) is 3. The van der Waals surface area contributed by atoms with Gasteiger partial charge in [0.1, 0.15) is 0 Å². The fraction of sp³-hybridized carbons (Fsp3) is 0.917. The molecule has 4 heteroatoms. The molecule has 0 aromatic heterocycles. The summed E-state index contributed by atoms with van der Waals surface area (Å²) in [6.45, 7) is 8.86. The van der Waals surface area contributed by atoms with Crippen molar-refractivity contribution in [3.8, 4) is 0 Å². The second kappa shape index (κ2) is 5.64. The Morgan fingerprint density at radius 3 is 2.69 bits per heavy atom. The highest BCUT2D eigenvalue weighted by molar-refractivity contribution is 5.78. The number of rotatable bonds is 3. The van der Waals surface area contributed by atoms with E-state index < -0.39 is 0 Å². The van der Waals surface area contributed by atoms with E-state index in [9.17, 15) is 4.79 Å². The Morgan fingerprint density at radius 1 is 1.31 bits per heavy atom. The van der Waals surface area contributed by atoms with Crippen LogP contribution in [0, 0.1) is 5.92 Å². The molecule has 1 unspecified atom stereocenters. The number of hydrogen-bond donors (Lipinski definition) is 1. The summed E-state index contributed by atoms with van der Waals surface area (Å²) in [6, 6.07) is 0. The van der Waals surface area contributed by atoms with Crippen molar-refractivity contribution in [2.75, 3.05) is 45.8 Å². The van der Waals surface area contributed by atoms with Gasteiger partial charge < -0.3 is 10.2 Å². The summed E-state index contributed by atoms with van der Waals surface area (Å²) >= 11 is 0. The van der Waals surface area contributed by atoms with Crippen molar-refractivity contribution in [1.29, 1.82) is 0 Å². The Morgan fingerprint density at radius 2 is 2.06 bits per heavy atom. The van der Waals surface area contributed by atoms with E-state index >= 15 is 0 Å². The van der Waals surface area contributed by atoms with Crippen molar-refractivity contribution in [1.82, 2.24) is 15.1 Å². The molecule has 0 spiro atoms. The summed E-state index contributed by atoms with van der Waals surface area (Å²) in [4.78, 5) is 16.4. The van der Waals surface area contributed by atoms with Crippen LogP contribution >= 0.6 is 0 Å². The summed E-state index contributed by atoms with van der Waals surface area (Å²) in [5.41, 5.74) is 0. The van der Waals surface area contributed by atoms with Gasteiger partial charge in [-0.2, -0.15) is 0 Å². The molecule has 2 aliphatic heterocycles. The highest BCUT2D eigenvalue weighted by Gasteiger charge is 2.26. The molecule has 4 nitrogen and oxygen atoms in total. The van der Waals surface area contributed by atoms with Crippen molar-refractivity contribution in [3.63, 3.8) is 0 Å². The van der Waals surface area contributed by atoms with Gasteiger partial charge in [0, 0.05) is 39.3 Å². The lowest BCUT2D eigenvalue weighted by atomic mass is 10.1. The van der Waals surface area contributed by atoms with E-state index in [0.29, 0.717) is 12.5 Å². The first-order valence-corrected chi connectivity index (χ1v) is 6.50. The number of piperazine rings is 1. The first-order valence-electron chi connectivity index (χ1n) is 6.50. The normalized spacial score (nSPS) is 27.3. The summed E-state index contributed by atoms with van der Waals surface area (Å²) < 4.78 is 0. The van der Waals surface area contributed by atoms with Crippen LogP contribution in [0.1, 0.15) is 19.8 Å². The minimum atomic E-state index is 0.331. The van der Waals surface area contributed by atoms with E-state index in [1.54, 1.807) is 0 Å². The average molecular weight is 225 g/mol. The van der Waals surface area contributed by atoms with Gasteiger partial charge in [-0.25, -0.2) is 0 Å². The molecule has 1 atom stereocenters. The van der Waals surface area contributed by atoms with Crippen LogP contribution in [0.4, 0.5) is 0 Å². The predicted molar refractivity (Wildman–Crippen MR) is 64.3 cm³/mol. The molecule has 2 fully saturated rings. The Hall–Kier alpha value is -0.610. The highest BCUT2D eigenvalue weighted by Crippen LogP contribution is 2.19. The standard InChI is InChI=1S/C12H23N3O/c1-2-11-3-6-15(9-11)12(16)10-14-7-4-13-5-8-14/h11,13H,2-10H2,1H3.